The molecule has 13 heavy (non-hydrogen) atoms. The van der Waals surface area contributed by atoms with Crippen molar-refractivity contribution in [3.05, 3.63) is 17.5 Å². The summed E-state index contributed by atoms with van der Waals surface area (Å²) in [6, 6.07) is 0. The predicted octanol–water partition coefficient (Wildman–Crippen LogP) is 1.67. The van der Waals surface area contributed by atoms with Crippen molar-refractivity contribution in [1.29, 1.82) is 0 Å². The van der Waals surface area contributed by atoms with Crippen LogP contribution in [0.15, 0.2) is 12.4 Å². The van der Waals surface area contributed by atoms with E-state index in [0.717, 1.165) is 17.4 Å². The minimum Gasteiger partial charge on any atom is -0.334 e. The van der Waals surface area contributed by atoms with Crippen LogP contribution in [-0.4, -0.2) is 18.5 Å². The van der Waals surface area contributed by atoms with E-state index in [1.54, 1.807) is 10.9 Å². The SMILES string of the molecule is Cn1cc(Nc2nsnc2Cl)cn1. The maximum atomic E-state index is 5.74. The Labute approximate surface area is 83.7 Å². The van der Waals surface area contributed by atoms with E-state index in [1.807, 2.05) is 13.2 Å². The number of hydrogen-bond donors (Lipinski definition) is 1. The van der Waals surface area contributed by atoms with Gasteiger partial charge >= 0.3 is 0 Å². The van der Waals surface area contributed by atoms with Crippen LogP contribution in [0.1, 0.15) is 0 Å². The van der Waals surface area contributed by atoms with Gasteiger partial charge in [0.05, 0.1) is 23.6 Å². The smallest absolute Gasteiger partial charge is 0.187 e. The predicted molar refractivity (Wildman–Crippen MR) is 51.4 cm³/mol. The van der Waals surface area contributed by atoms with Crippen molar-refractivity contribution in [2.24, 2.45) is 7.05 Å². The Morgan fingerprint density at radius 1 is 1.54 bits per heavy atom. The number of aromatic nitrogens is 4. The van der Waals surface area contributed by atoms with Gasteiger partial charge in [-0.1, -0.05) is 11.6 Å². The normalized spacial score (nSPS) is 10.3. The van der Waals surface area contributed by atoms with Crippen LogP contribution < -0.4 is 5.32 Å². The van der Waals surface area contributed by atoms with Crippen LogP contribution in [0.3, 0.4) is 0 Å². The van der Waals surface area contributed by atoms with Crippen LogP contribution in [-0.2, 0) is 7.05 Å². The molecular formula is C6H6ClN5S. The molecular weight excluding hydrogens is 210 g/mol. The Bertz CT molecular complexity index is 409. The van der Waals surface area contributed by atoms with Crippen LogP contribution in [0, 0.1) is 0 Å². The van der Waals surface area contributed by atoms with Gasteiger partial charge in [-0.2, -0.15) is 13.8 Å². The van der Waals surface area contributed by atoms with Crippen LogP contribution in [0.5, 0.6) is 0 Å². The van der Waals surface area contributed by atoms with E-state index in [2.05, 4.69) is 19.2 Å². The summed E-state index contributed by atoms with van der Waals surface area (Å²) in [5.74, 6) is 0.569. The summed E-state index contributed by atoms with van der Waals surface area (Å²) in [7, 11) is 1.84. The van der Waals surface area contributed by atoms with Crippen molar-refractivity contribution in [2.75, 3.05) is 5.32 Å². The van der Waals surface area contributed by atoms with Crippen molar-refractivity contribution >= 4 is 34.8 Å². The number of halogens is 1. The van der Waals surface area contributed by atoms with Crippen molar-refractivity contribution < 1.29 is 0 Å². The molecule has 1 N–H and O–H groups in total. The molecule has 0 aliphatic carbocycles. The van der Waals surface area contributed by atoms with Crippen LogP contribution in [0.25, 0.3) is 0 Å². The second kappa shape index (κ2) is 3.31. The second-order valence-corrected chi connectivity index (χ2v) is 3.32. The summed E-state index contributed by atoms with van der Waals surface area (Å²) in [4.78, 5) is 0. The van der Waals surface area contributed by atoms with Gasteiger partial charge in [-0.3, -0.25) is 4.68 Å². The fourth-order valence-electron chi connectivity index (χ4n) is 0.875. The zero-order chi connectivity index (χ0) is 9.26. The van der Waals surface area contributed by atoms with Crippen molar-refractivity contribution in [1.82, 2.24) is 18.5 Å². The van der Waals surface area contributed by atoms with E-state index in [9.17, 15) is 0 Å². The number of anilines is 2. The molecule has 2 aromatic heterocycles. The Morgan fingerprint density at radius 2 is 2.38 bits per heavy atom. The third kappa shape index (κ3) is 1.78. The van der Waals surface area contributed by atoms with Crippen LogP contribution in [0.2, 0.25) is 5.15 Å². The van der Waals surface area contributed by atoms with E-state index in [1.165, 1.54) is 0 Å². The molecule has 0 radical (unpaired) electrons. The van der Waals surface area contributed by atoms with Gasteiger partial charge in [0.2, 0.25) is 0 Å². The molecule has 0 fully saturated rings. The summed E-state index contributed by atoms with van der Waals surface area (Å²) in [5.41, 5.74) is 0.845. The fraction of sp³-hybridized carbons (Fsp3) is 0.167. The molecule has 0 saturated carbocycles. The van der Waals surface area contributed by atoms with Gasteiger partial charge in [0.15, 0.2) is 11.0 Å². The minimum absolute atomic E-state index is 0.383. The van der Waals surface area contributed by atoms with Gasteiger partial charge in [-0.25, -0.2) is 0 Å². The average molecular weight is 216 g/mol. The highest BCUT2D eigenvalue weighted by Crippen LogP contribution is 2.21. The maximum absolute atomic E-state index is 5.74. The quantitative estimate of drug-likeness (QED) is 0.828. The molecule has 0 bridgehead atoms. The summed E-state index contributed by atoms with van der Waals surface area (Å²) in [6.45, 7) is 0. The van der Waals surface area contributed by atoms with Gasteiger partial charge in [0.25, 0.3) is 0 Å². The highest BCUT2D eigenvalue weighted by Gasteiger charge is 2.05. The van der Waals surface area contributed by atoms with Gasteiger partial charge in [0.1, 0.15) is 0 Å². The average Bonchev–Trinajstić information content (AvgIpc) is 2.64. The minimum atomic E-state index is 0.383. The Hall–Kier alpha value is -1.14. The molecule has 5 nitrogen and oxygen atoms in total. The largest absolute Gasteiger partial charge is 0.334 e. The number of aryl methyl sites for hydroxylation is 1. The van der Waals surface area contributed by atoms with E-state index in [4.69, 9.17) is 11.6 Å². The summed E-state index contributed by atoms with van der Waals surface area (Å²) in [5, 5.41) is 7.37. The molecule has 68 valence electrons. The maximum Gasteiger partial charge on any atom is 0.187 e. The van der Waals surface area contributed by atoms with Crippen molar-refractivity contribution in [3.8, 4) is 0 Å². The lowest BCUT2D eigenvalue weighted by molar-refractivity contribution is 0.768. The van der Waals surface area contributed by atoms with Gasteiger partial charge in [-0.05, 0) is 0 Å². The first-order valence-corrected chi connectivity index (χ1v) is 4.60. The summed E-state index contributed by atoms with van der Waals surface area (Å²) < 4.78 is 9.49. The molecule has 7 heteroatoms. The number of hydrogen-bond acceptors (Lipinski definition) is 5. The first-order valence-electron chi connectivity index (χ1n) is 3.49. The van der Waals surface area contributed by atoms with E-state index >= 15 is 0 Å². The van der Waals surface area contributed by atoms with Gasteiger partial charge in [-0.15, -0.1) is 0 Å². The second-order valence-electron chi connectivity index (χ2n) is 2.43. The molecule has 0 saturated heterocycles. The highest BCUT2D eigenvalue weighted by molar-refractivity contribution is 6.99. The van der Waals surface area contributed by atoms with Crippen molar-refractivity contribution in [3.63, 3.8) is 0 Å². The summed E-state index contributed by atoms with van der Waals surface area (Å²) in [6.07, 6.45) is 3.52. The van der Waals surface area contributed by atoms with E-state index in [-0.39, 0.29) is 0 Å². The zero-order valence-corrected chi connectivity index (χ0v) is 8.30. The third-order valence-electron chi connectivity index (χ3n) is 1.42. The Balaban J connectivity index is 2.19. The first-order chi connectivity index (χ1) is 6.25. The van der Waals surface area contributed by atoms with Crippen molar-refractivity contribution in [2.45, 2.75) is 0 Å². The Kier molecular flexibility index (Phi) is 2.15. The fourth-order valence-corrected chi connectivity index (χ4v) is 1.52. The van der Waals surface area contributed by atoms with Crippen LogP contribution >= 0.6 is 23.3 Å². The molecule has 0 aliphatic heterocycles. The third-order valence-corrected chi connectivity index (χ3v) is 2.31. The van der Waals surface area contributed by atoms with Gasteiger partial charge in [0, 0.05) is 13.2 Å². The van der Waals surface area contributed by atoms with E-state index < -0.39 is 0 Å². The van der Waals surface area contributed by atoms with Crippen LogP contribution in [0.4, 0.5) is 11.5 Å². The first kappa shape index (κ1) is 8.46. The van der Waals surface area contributed by atoms with Gasteiger partial charge < -0.3 is 5.32 Å². The van der Waals surface area contributed by atoms with E-state index in [0.29, 0.717) is 11.0 Å². The topological polar surface area (TPSA) is 55.6 Å². The monoisotopic (exact) mass is 215 g/mol. The molecule has 2 rings (SSSR count). The molecule has 2 aromatic rings. The molecule has 0 spiro atoms. The summed E-state index contributed by atoms with van der Waals surface area (Å²) >= 11 is 6.81. The molecule has 0 atom stereocenters. The lowest BCUT2D eigenvalue weighted by atomic mass is 10.5. The lowest BCUT2D eigenvalue weighted by Gasteiger charge is -1.96. The molecule has 0 amide bonds. The Morgan fingerprint density at radius 3 is 2.92 bits per heavy atom. The standard InChI is InChI=1S/C6H6ClN5S/c1-12-3-4(2-8-12)9-6-5(7)10-13-11-6/h2-3H,1H3,(H,9,11). The lowest BCUT2D eigenvalue weighted by Crippen LogP contribution is -1.89. The molecule has 0 aromatic carbocycles. The number of nitrogens with one attached hydrogen (secondary N) is 1. The number of nitrogens with zero attached hydrogens (tertiary/aromatic N) is 4. The molecule has 0 aliphatic rings. The zero-order valence-electron chi connectivity index (χ0n) is 6.73. The molecule has 2 heterocycles. The highest BCUT2D eigenvalue weighted by atomic mass is 35.5. The number of rotatable bonds is 2. The molecule has 0 unspecified atom stereocenters.